The second-order valence-corrected chi connectivity index (χ2v) is 5.40. The number of aryl methyl sites for hydroxylation is 1. The van der Waals surface area contributed by atoms with E-state index in [1.165, 1.54) is 25.1 Å². The van der Waals surface area contributed by atoms with Crippen molar-refractivity contribution in [3.8, 4) is 5.75 Å². The van der Waals surface area contributed by atoms with E-state index in [4.69, 9.17) is 4.42 Å². The number of rotatable bonds is 7. The fraction of sp³-hybridized carbons (Fsp3) is 0.353. The molecule has 0 fully saturated rings. The topological polar surface area (TPSA) is 96.6 Å². The summed E-state index contributed by atoms with van der Waals surface area (Å²) in [7, 11) is 0. The minimum Gasteiger partial charge on any atom is -0.508 e. The van der Waals surface area contributed by atoms with Crippen LogP contribution in [0.5, 0.6) is 5.75 Å². The van der Waals surface area contributed by atoms with Crippen LogP contribution in [0, 0.1) is 0 Å². The van der Waals surface area contributed by atoms with E-state index in [1.807, 2.05) is 0 Å². The van der Waals surface area contributed by atoms with E-state index in [-0.39, 0.29) is 17.4 Å². The van der Waals surface area contributed by atoms with Crippen molar-refractivity contribution in [1.29, 1.82) is 0 Å². The Hall–Kier alpha value is -2.63. The van der Waals surface area contributed by atoms with Crippen LogP contribution in [-0.4, -0.2) is 23.3 Å². The Kier molecular flexibility index (Phi) is 5.51. The lowest BCUT2D eigenvalue weighted by Crippen LogP contribution is -2.21. The number of ketones is 1. The number of hydrogen-bond donors (Lipinski definition) is 2. The van der Waals surface area contributed by atoms with Crippen LogP contribution in [0.25, 0.3) is 11.0 Å². The molecule has 1 aromatic carbocycles. The summed E-state index contributed by atoms with van der Waals surface area (Å²) in [6.07, 6.45) is 1.75. The molecule has 0 spiro atoms. The molecule has 1 amide bonds. The zero-order chi connectivity index (χ0) is 16.8. The third-order valence-electron chi connectivity index (χ3n) is 3.49. The van der Waals surface area contributed by atoms with Crippen molar-refractivity contribution >= 4 is 22.7 Å². The average molecular weight is 317 g/mol. The molecule has 0 saturated carbocycles. The minimum absolute atomic E-state index is 0.0202. The summed E-state index contributed by atoms with van der Waals surface area (Å²) in [5, 5.41) is 12.8. The Morgan fingerprint density at radius 3 is 2.74 bits per heavy atom. The van der Waals surface area contributed by atoms with E-state index in [9.17, 15) is 19.5 Å². The molecule has 0 aliphatic rings. The Morgan fingerprint density at radius 2 is 2.00 bits per heavy atom. The third kappa shape index (κ3) is 4.95. The predicted octanol–water partition coefficient (Wildman–Crippen LogP) is 1.92. The van der Waals surface area contributed by atoms with Crippen molar-refractivity contribution in [3.05, 3.63) is 40.2 Å². The first kappa shape index (κ1) is 16.7. The monoisotopic (exact) mass is 317 g/mol. The van der Waals surface area contributed by atoms with Gasteiger partial charge in [-0.15, -0.1) is 0 Å². The van der Waals surface area contributed by atoms with Crippen molar-refractivity contribution in [3.63, 3.8) is 0 Å². The van der Waals surface area contributed by atoms with Crippen LogP contribution >= 0.6 is 0 Å². The van der Waals surface area contributed by atoms with Gasteiger partial charge in [-0.2, -0.15) is 0 Å². The largest absolute Gasteiger partial charge is 0.508 e. The maximum absolute atomic E-state index is 11.9. The number of amides is 1. The fourth-order valence-corrected chi connectivity index (χ4v) is 2.37. The van der Waals surface area contributed by atoms with Crippen LogP contribution in [0.3, 0.4) is 0 Å². The maximum atomic E-state index is 11.9. The number of Topliss-reactive ketones (excluding diaryl/α,β-unsaturated/α-hetero) is 1. The molecule has 0 unspecified atom stereocenters. The quantitative estimate of drug-likeness (QED) is 0.600. The van der Waals surface area contributed by atoms with Gasteiger partial charge in [0.1, 0.15) is 17.1 Å². The average Bonchev–Trinajstić information content (AvgIpc) is 2.48. The molecule has 0 aliphatic heterocycles. The maximum Gasteiger partial charge on any atom is 0.336 e. The molecule has 1 aromatic heterocycles. The molecule has 6 heteroatoms. The molecule has 0 bridgehead atoms. The van der Waals surface area contributed by atoms with Crippen molar-refractivity contribution in [1.82, 2.24) is 5.32 Å². The normalized spacial score (nSPS) is 10.7. The molecule has 0 atom stereocenters. The molecule has 23 heavy (non-hydrogen) atoms. The van der Waals surface area contributed by atoms with E-state index >= 15 is 0 Å². The first-order valence-electron chi connectivity index (χ1n) is 7.47. The van der Waals surface area contributed by atoms with Gasteiger partial charge in [-0.25, -0.2) is 4.79 Å². The van der Waals surface area contributed by atoms with E-state index in [1.54, 1.807) is 6.07 Å². The molecule has 1 heterocycles. The second-order valence-electron chi connectivity index (χ2n) is 5.40. The summed E-state index contributed by atoms with van der Waals surface area (Å²) < 4.78 is 5.05. The zero-order valence-corrected chi connectivity index (χ0v) is 12.9. The minimum atomic E-state index is -0.504. The number of carbonyl (C=O) groups excluding carboxylic acids is 2. The molecule has 6 nitrogen and oxygen atoms in total. The van der Waals surface area contributed by atoms with Gasteiger partial charge >= 0.3 is 5.63 Å². The summed E-state index contributed by atoms with van der Waals surface area (Å²) in [5.41, 5.74) is 0.535. The number of phenols is 1. The van der Waals surface area contributed by atoms with Crippen molar-refractivity contribution in [2.45, 2.75) is 32.6 Å². The summed E-state index contributed by atoms with van der Waals surface area (Å²) in [6, 6.07) is 5.95. The van der Waals surface area contributed by atoms with E-state index in [0.29, 0.717) is 43.2 Å². The fourth-order valence-electron chi connectivity index (χ4n) is 2.37. The van der Waals surface area contributed by atoms with E-state index in [2.05, 4.69) is 5.32 Å². The first-order valence-corrected chi connectivity index (χ1v) is 7.47. The molecule has 2 aromatic rings. The highest BCUT2D eigenvalue weighted by atomic mass is 16.4. The predicted molar refractivity (Wildman–Crippen MR) is 85.4 cm³/mol. The molecular formula is C17H19NO5. The summed E-state index contributed by atoms with van der Waals surface area (Å²) in [5.74, 6) is -0.00875. The van der Waals surface area contributed by atoms with Gasteiger partial charge in [0.05, 0.1) is 0 Å². The lowest BCUT2D eigenvalue weighted by atomic mass is 10.0. The van der Waals surface area contributed by atoms with Gasteiger partial charge in [-0.1, -0.05) is 0 Å². The van der Waals surface area contributed by atoms with Crippen LogP contribution in [-0.2, 0) is 16.0 Å². The number of carbonyl (C=O) groups is 2. The number of fused-ring (bicyclic) bond motifs is 1. The Balaban J connectivity index is 1.98. The lowest BCUT2D eigenvalue weighted by molar-refractivity contribution is -0.120. The molecule has 0 aliphatic carbocycles. The second kappa shape index (κ2) is 7.58. The number of aromatic hydroxyl groups is 1. The zero-order valence-electron chi connectivity index (χ0n) is 12.9. The van der Waals surface area contributed by atoms with E-state index in [0.717, 1.165) is 5.56 Å². The highest BCUT2D eigenvalue weighted by Gasteiger charge is 2.09. The summed E-state index contributed by atoms with van der Waals surface area (Å²) in [6.45, 7) is 1.92. The summed E-state index contributed by atoms with van der Waals surface area (Å²) >= 11 is 0. The SMILES string of the molecule is CC(=O)NCCCC(=O)CCc1cc(=O)oc2cc(O)ccc12. The van der Waals surface area contributed by atoms with Gasteiger partial charge in [0.15, 0.2) is 0 Å². The van der Waals surface area contributed by atoms with Crippen LogP contribution in [0.1, 0.15) is 31.7 Å². The Labute approximate surface area is 133 Å². The van der Waals surface area contributed by atoms with Crippen LogP contribution in [0.2, 0.25) is 0 Å². The number of phenolic OH excluding ortho intramolecular Hbond substituents is 1. The van der Waals surface area contributed by atoms with Crippen LogP contribution in [0.4, 0.5) is 0 Å². The molecule has 0 saturated heterocycles. The lowest BCUT2D eigenvalue weighted by Gasteiger charge is -2.06. The molecular weight excluding hydrogens is 298 g/mol. The van der Waals surface area contributed by atoms with Gasteiger partial charge in [0.25, 0.3) is 0 Å². The van der Waals surface area contributed by atoms with Crippen molar-refractivity contribution in [2.24, 2.45) is 0 Å². The Bertz CT molecular complexity index is 778. The molecule has 2 N–H and O–H groups in total. The van der Waals surface area contributed by atoms with Gasteiger partial charge in [0, 0.05) is 43.8 Å². The number of hydrogen-bond acceptors (Lipinski definition) is 5. The smallest absolute Gasteiger partial charge is 0.336 e. The molecule has 122 valence electrons. The van der Waals surface area contributed by atoms with Gasteiger partial charge in [-0.3, -0.25) is 9.59 Å². The summed E-state index contributed by atoms with van der Waals surface area (Å²) in [4.78, 5) is 34.2. The highest BCUT2D eigenvalue weighted by Crippen LogP contribution is 2.22. The first-order chi connectivity index (χ1) is 11.0. The molecule has 2 rings (SSSR count). The highest BCUT2D eigenvalue weighted by molar-refractivity contribution is 5.83. The van der Waals surface area contributed by atoms with Crippen molar-refractivity contribution < 1.29 is 19.1 Å². The number of benzene rings is 1. The van der Waals surface area contributed by atoms with Crippen molar-refractivity contribution in [2.75, 3.05) is 6.54 Å². The van der Waals surface area contributed by atoms with Gasteiger partial charge in [0.2, 0.25) is 5.91 Å². The van der Waals surface area contributed by atoms with E-state index < -0.39 is 5.63 Å². The van der Waals surface area contributed by atoms with Crippen LogP contribution in [0.15, 0.2) is 33.5 Å². The molecule has 0 radical (unpaired) electrons. The standard InChI is InChI=1S/C17H19NO5/c1-11(19)18-8-2-3-13(20)5-4-12-9-17(22)23-16-10-14(21)6-7-15(12)16/h6-7,9-10,21H,2-5,8H2,1H3,(H,18,19). The van der Waals surface area contributed by atoms with Crippen LogP contribution < -0.4 is 10.9 Å². The number of nitrogens with one attached hydrogen (secondary N) is 1. The van der Waals surface area contributed by atoms with Gasteiger partial charge < -0.3 is 14.8 Å². The third-order valence-corrected chi connectivity index (χ3v) is 3.49. The van der Waals surface area contributed by atoms with Gasteiger partial charge in [-0.05, 0) is 30.5 Å². The Morgan fingerprint density at radius 1 is 1.22 bits per heavy atom.